The fraction of sp³-hybridized carbons (Fsp3) is 0.467. The predicted molar refractivity (Wildman–Crippen MR) is 82.4 cm³/mol. The Morgan fingerprint density at radius 2 is 2.11 bits per heavy atom. The van der Waals surface area contributed by atoms with Crippen LogP contribution in [0.3, 0.4) is 0 Å². The lowest BCUT2D eigenvalue weighted by molar-refractivity contribution is 0.391. The zero-order chi connectivity index (χ0) is 13.4. The molecule has 0 bridgehead atoms. The van der Waals surface area contributed by atoms with Gasteiger partial charge in [0.15, 0.2) is 0 Å². The van der Waals surface area contributed by atoms with E-state index < -0.39 is 0 Å². The van der Waals surface area contributed by atoms with Gasteiger partial charge in [0.05, 0.1) is 11.2 Å². The Bertz CT molecular complexity index is 599. The van der Waals surface area contributed by atoms with Crippen LogP contribution in [0, 0.1) is 5.92 Å². The van der Waals surface area contributed by atoms with Crippen LogP contribution in [0.25, 0.3) is 11.0 Å². The third kappa shape index (κ3) is 2.46. The molecule has 19 heavy (non-hydrogen) atoms. The highest BCUT2D eigenvalue weighted by molar-refractivity contribution is 9.10. The van der Waals surface area contributed by atoms with Crippen molar-refractivity contribution in [3.8, 4) is 0 Å². The second-order valence-electron chi connectivity index (χ2n) is 5.54. The van der Waals surface area contributed by atoms with E-state index in [1.807, 2.05) is 18.5 Å². The molecule has 3 nitrogen and oxygen atoms in total. The molecule has 0 amide bonds. The topological polar surface area (TPSA) is 29.0 Å². The first kappa shape index (κ1) is 12.9. The Balaban J connectivity index is 2.09. The molecule has 3 rings (SSSR count). The first-order chi connectivity index (χ1) is 9.15. The van der Waals surface area contributed by atoms with Crippen LogP contribution < -0.4 is 4.90 Å². The molecule has 3 heterocycles. The van der Waals surface area contributed by atoms with E-state index in [1.54, 1.807) is 0 Å². The van der Waals surface area contributed by atoms with Gasteiger partial charge in [-0.3, -0.25) is 9.97 Å². The van der Waals surface area contributed by atoms with Crippen LogP contribution in [-0.4, -0.2) is 22.6 Å². The molecular formula is C15H18BrN3. The van der Waals surface area contributed by atoms with Gasteiger partial charge in [-0.15, -0.1) is 0 Å². The van der Waals surface area contributed by atoms with Gasteiger partial charge >= 0.3 is 0 Å². The van der Waals surface area contributed by atoms with Gasteiger partial charge in [0.2, 0.25) is 0 Å². The number of piperidine rings is 1. The second kappa shape index (κ2) is 5.08. The summed E-state index contributed by atoms with van der Waals surface area (Å²) >= 11 is 3.46. The molecule has 0 radical (unpaired) electrons. The van der Waals surface area contributed by atoms with Gasteiger partial charge in [-0.05, 0) is 53.7 Å². The first-order valence-corrected chi connectivity index (χ1v) is 7.61. The van der Waals surface area contributed by atoms with Crippen LogP contribution in [0.5, 0.6) is 0 Å². The number of rotatable bonds is 1. The molecular weight excluding hydrogens is 302 g/mol. The lowest BCUT2D eigenvalue weighted by Gasteiger charge is -2.38. The standard InChI is InChI=1S/C15H18BrN3/c1-10-3-4-11(2)19(9-10)14-5-6-17-13-7-12(16)8-18-15(13)14/h5-8,10-11H,3-4,9H2,1-2H3. The number of halogens is 1. The zero-order valence-corrected chi connectivity index (χ0v) is 12.9. The molecule has 2 atom stereocenters. The molecule has 1 saturated heterocycles. The van der Waals surface area contributed by atoms with Crippen molar-refractivity contribution < 1.29 is 0 Å². The van der Waals surface area contributed by atoms with Crippen molar-refractivity contribution in [2.45, 2.75) is 32.7 Å². The molecule has 0 saturated carbocycles. The van der Waals surface area contributed by atoms with Crippen LogP contribution >= 0.6 is 15.9 Å². The number of pyridine rings is 2. The van der Waals surface area contributed by atoms with Gasteiger partial charge in [0.1, 0.15) is 5.52 Å². The van der Waals surface area contributed by atoms with Crippen molar-refractivity contribution in [2.24, 2.45) is 5.92 Å². The largest absolute Gasteiger partial charge is 0.367 e. The molecule has 100 valence electrons. The van der Waals surface area contributed by atoms with Gasteiger partial charge in [0, 0.05) is 29.5 Å². The van der Waals surface area contributed by atoms with E-state index >= 15 is 0 Å². The summed E-state index contributed by atoms with van der Waals surface area (Å²) in [6, 6.07) is 4.70. The fourth-order valence-electron chi connectivity index (χ4n) is 2.85. The summed E-state index contributed by atoms with van der Waals surface area (Å²) in [5.41, 5.74) is 3.18. The van der Waals surface area contributed by atoms with Crippen LogP contribution in [0.2, 0.25) is 0 Å². The van der Waals surface area contributed by atoms with Crippen LogP contribution in [0.1, 0.15) is 26.7 Å². The Morgan fingerprint density at radius 1 is 1.26 bits per heavy atom. The van der Waals surface area contributed by atoms with Gasteiger partial charge in [-0.25, -0.2) is 0 Å². The Labute approximate surface area is 122 Å². The highest BCUT2D eigenvalue weighted by Gasteiger charge is 2.24. The minimum Gasteiger partial charge on any atom is -0.367 e. The summed E-state index contributed by atoms with van der Waals surface area (Å²) in [6.45, 7) is 5.74. The summed E-state index contributed by atoms with van der Waals surface area (Å²) in [5.74, 6) is 0.745. The van der Waals surface area contributed by atoms with E-state index in [-0.39, 0.29) is 0 Å². The van der Waals surface area contributed by atoms with Gasteiger partial charge in [-0.1, -0.05) is 6.92 Å². The van der Waals surface area contributed by atoms with E-state index in [2.05, 4.69) is 50.7 Å². The van der Waals surface area contributed by atoms with Crippen molar-refractivity contribution in [3.63, 3.8) is 0 Å². The summed E-state index contributed by atoms with van der Waals surface area (Å²) in [7, 11) is 0. The number of fused-ring (bicyclic) bond motifs is 1. The van der Waals surface area contributed by atoms with Crippen molar-refractivity contribution >= 4 is 32.7 Å². The molecule has 2 aromatic rings. The van der Waals surface area contributed by atoms with Gasteiger partial charge < -0.3 is 4.90 Å². The van der Waals surface area contributed by atoms with E-state index in [4.69, 9.17) is 0 Å². The van der Waals surface area contributed by atoms with Gasteiger partial charge in [-0.2, -0.15) is 0 Å². The normalized spacial score (nSPS) is 23.8. The third-order valence-corrected chi connectivity index (χ3v) is 4.38. The minimum absolute atomic E-state index is 0.576. The quantitative estimate of drug-likeness (QED) is 0.795. The van der Waals surface area contributed by atoms with E-state index in [0.717, 1.165) is 28.0 Å². The van der Waals surface area contributed by atoms with E-state index in [1.165, 1.54) is 18.5 Å². The minimum atomic E-state index is 0.576. The molecule has 2 unspecified atom stereocenters. The number of hydrogen-bond donors (Lipinski definition) is 0. The molecule has 1 aliphatic heterocycles. The molecule has 1 fully saturated rings. The summed E-state index contributed by atoms with van der Waals surface area (Å²) < 4.78 is 0.977. The van der Waals surface area contributed by atoms with E-state index in [0.29, 0.717) is 6.04 Å². The molecule has 4 heteroatoms. The lowest BCUT2D eigenvalue weighted by atomic mass is 9.94. The maximum absolute atomic E-state index is 4.56. The maximum atomic E-state index is 4.56. The van der Waals surface area contributed by atoms with Crippen molar-refractivity contribution in [1.82, 2.24) is 9.97 Å². The zero-order valence-electron chi connectivity index (χ0n) is 11.3. The second-order valence-corrected chi connectivity index (χ2v) is 6.45. The van der Waals surface area contributed by atoms with Crippen LogP contribution in [-0.2, 0) is 0 Å². The smallest absolute Gasteiger partial charge is 0.112 e. The number of aromatic nitrogens is 2. The highest BCUT2D eigenvalue weighted by Crippen LogP contribution is 2.31. The predicted octanol–water partition coefficient (Wildman–Crippen LogP) is 4.02. The number of nitrogens with zero attached hydrogens (tertiary/aromatic N) is 3. The summed E-state index contributed by atoms with van der Waals surface area (Å²) in [5, 5.41) is 0. The molecule has 0 spiro atoms. The lowest BCUT2D eigenvalue weighted by Crippen LogP contribution is -2.41. The average molecular weight is 320 g/mol. The third-order valence-electron chi connectivity index (χ3n) is 3.95. The summed E-state index contributed by atoms with van der Waals surface area (Å²) in [4.78, 5) is 11.5. The van der Waals surface area contributed by atoms with Crippen LogP contribution in [0.4, 0.5) is 5.69 Å². The number of anilines is 1. The molecule has 1 aliphatic rings. The SMILES string of the molecule is CC1CCC(C)N(c2ccnc3cc(Br)cnc23)C1. The van der Waals surface area contributed by atoms with Gasteiger partial charge in [0.25, 0.3) is 0 Å². The molecule has 2 aromatic heterocycles. The summed E-state index contributed by atoms with van der Waals surface area (Å²) in [6.07, 6.45) is 6.31. The van der Waals surface area contributed by atoms with Crippen molar-refractivity contribution in [2.75, 3.05) is 11.4 Å². The first-order valence-electron chi connectivity index (χ1n) is 6.82. The number of hydrogen-bond acceptors (Lipinski definition) is 3. The maximum Gasteiger partial charge on any atom is 0.112 e. The molecule has 0 N–H and O–H groups in total. The highest BCUT2D eigenvalue weighted by atomic mass is 79.9. The van der Waals surface area contributed by atoms with E-state index in [9.17, 15) is 0 Å². The van der Waals surface area contributed by atoms with Crippen molar-refractivity contribution in [1.29, 1.82) is 0 Å². The van der Waals surface area contributed by atoms with Crippen molar-refractivity contribution in [3.05, 3.63) is 29.0 Å². The molecule has 0 aromatic carbocycles. The Morgan fingerprint density at radius 3 is 2.95 bits per heavy atom. The monoisotopic (exact) mass is 319 g/mol. The Kier molecular flexibility index (Phi) is 3.44. The average Bonchev–Trinajstić information content (AvgIpc) is 2.40. The van der Waals surface area contributed by atoms with Crippen LogP contribution in [0.15, 0.2) is 29.0 Å². The molecule has 0 aliphatic carbocycles. The fourth-order valence-corrected chi connectivity index (χ4v) is 3.17. The Hall–Kier alpha value is -1.16.